The SMILES string of the molecule is O=C(O)c1ccccc1-c1cc2ccoc2cc1C(=O)OCc1ccccc1. The molecule has 0 bridgehead atoms. The maximum atomic E-state index is 12.8. The van der Waals surface area contributed by atoms with Gasteiger partial charge in [0.05, 0.1) is 17.4 Å². The van der Waals surface area contributed by atoms with E-state index >= 15 is 0 Å². The quantitative estimate of drug-likeness (QED) is 0.490. The number of carboxylic acids is 1. The van der Waals surface area contributed by atoms with Crippen LogP contribution in [0.3, 0.4) is 0 Å². The molecular formula is C23H16O5. The highest BCUT2D eigenvalue weighted by Crippen LogP contribution is 2.32. The molecule has 3 aromatic carbocycles. The van der Waals surface area contributed by atoms with Gasteiger partial charge >= 0.3 is 11.9 Å². The van der Waals surface area contributed by atoms with Gasteiger partial charge in [0, 0.05) is 5.39 Å². The number of hydrogen-bond acceptors (Lipinski definition) is 4. The van der Waals surface area contributed by atoms with E-state index in [0.717, 1.165) is 10.9 Å². The number of ether oxygens (including phenoxy) is 1. The van der Waals surface area contributed by atoms with Gasteiger partial charge in [-0.05, 0) is 41.0 Å². The number of carbonyl (C=O) groups is 2. The van der Waals surface area contributed by atoms with E-state index in [2.05, 4.69) is 0 Å². The lowest BCUT2D eigenvalue weighted by Crippen LogP contribution is -2.08. The van der Waals surface area contributed by atoms with Gasteiger partial charge < -0.3 is 14.3 Å². The molecule has 0 fully saturated rings. The number of aromatic carboxylic acids is 1. The second-order valence-electron chi connectivity index (χ2n) is 6.27. The van der Waals surface area contributed by atoms with Crippen molar-refractivity contribution in [2.24, 2.45) is 0 Å². The molecule has 138 valence electrons. The molecule has 4 aromatic rings. The van der Waals surface area contributed by atoms with E-state index < -0.39 is 11.9 Å². The van der Waals surface area contributed by atoms with Gasteiger partial charge in [0.15, 0.2) is 0 Å². The van der Waals surface area contributed by atoms with E-state index in [1.165, 1.54) is 12.3 Å². The molecule has 1 aromatic heterocycles. The first-order chi connectivity index (χ1) is 13.6. The number of rotatable bonds is 5. The number of benzene rings is 3. The molecule has 5 nitrogen and oxygen atoms in total. The van der Waals surface area contributed by atoms with Crippen molar-refractivity contribution in [1.82, 2.24) is 0 Å². The second-order valence-corrected chi connectivity index (χ2v) is 6.27. The van der Waals surface area contributed by atoms with Gasteiger partial charge in [-0.15, -0.1) is 0 Å². The predicted molar refractivity (Wildman–Crippen MR) is 104 cm³/mol. The van der Waals surface area contributed by atoms with E-state index in [9.17, 15) is 14.7 Å². The standard InChI is InChI=1S/C23H16O5/c24-22(25)18-9-5-4-8-17(18)19-12-16-10-11-27-21(16)13-20(19)23(26)28-14-15-6-2-1-3-7-15/h1-13H,14H2,(H,24,25). The van der Waals surface area contributed by atoms with Gasteiger partial charge in [0.25, 0.3) is 0 Å². The van der Waals surface area contributed by atoms with Crippen LogP contribution in [0.2, 0.25) is 0 Å². The van der Waals surface area contributed by atoms with Crippen LogP contribution in [0, 0.1) is 0 Å². The summed E-state index contributed by atoms with van der Waals surface area (Å²) in [4.78, 5) is 24.5. The van der Waals surface area contributed by atoms with Crippen LogP contribution in [-0.2, 0) is 11.3 Å². The highest BCUT2D eigenvalue weighted by molar-refractivity contribution is 6.05. The normalized spacial score (nSPS) is 10.7. The largest absolute Gasteiger partial charge is 0.478 e. The molecule has 0 aliphatic rings. The summed E-state index contributed by atoms with van der Waals surface area (Å²) in [5, 5.41) is 10.3. The molecule has 28 heavy (non-hydrogen) atoms. The lowest BCUT2D eigenvalue weighted by molar-refractivity contribution is 0.0473. The fourth-order valence-electron chi connectivity index (χ4n) is 3.11. The van der Waals surface area contributed by atoms with Crippen LogP contribution in [0.1, 0.15) is 26.3 Å². The summed E-state index contributed by atoms with van der Waals surface area (Å²) in [5.41, 5.74) is 2.70. The highest BCUT2D eigenvalue weighted by Gasteiger charge is 2.20. The average Bonchev–Trinajstić information content (AvgIpc) is 3.19. The van der Waals surface area contributed by atoms with Crippen LogP contribution in [-0.4, -0.2) is 17.0 Å². The van der Waals surface area contributed by atoms with Crippen molar-refractivity contribution in [3.8, 4) is 11.1 Å². The molecule has 0 spiro atoms. The minimum Gasteiger partial charge on any atom is -0.478 e. The fourth-order valence-corrected chi connectivity index (χ4v) is 3.11. The number of carboxylic acid groups (broad SMARTS) is 1. The number of furan rings is 1. The Morgan fingerprint density at radius 3 is 2.39 bits per heavy atom. The summed E-state index contributed by atoms with van der Waals surface area (Å²) in [6.07, 6.45) is 1.52. The van der Waals surface area contributed by atoms with Crippen molar-refractivity contribution < 1.29 is 23.8 Å². The lowest BCUT2D eigenvalue weighted by Gasteiger charge is -2.12. The van der Waals surface area contributed by atoms with Crippen molar-refractivity contribution in [2.75, 3.05) is 0 Å². The maximum absolute atomic E-state index is 12.8. The zero-order valence-corrected chi connectivity index (χ0v) is 14.8. The molecule has 1 heterocycles. The summed E-state index contributed by atoms with van der Waals surface area (Å²) >= 11 is 0. The van der Waals surface area contributed by atoms with Gasteiger partial charge in [-0.3, -0.25) is 0 Å². The Kier molecular flexibility index (Phi) is 4.64. The Bertz CT molecular complexity index is 1160. The predicted octanol–water partition coefficient (Wildman–Crippen LogP) is 5.16. The van der Waals surface area contributed by atoms with Crippen LogP contribution >= 0.6 is 0 Å². The Labute approximate surface area is 160 Å². The third kappa shape index (κ3) is 3.38. The van der Waals surface area contributed by atoms with Crippen molar-refractivity contribution in [3.63, 3.8) is 0 Å². The summed E-state index contributed by atoms with van der Waals surface area (Å²) < 4.78 is 10.9. The van der Waals surface area contributed by atoms with Gasteiger partial charge in [-0.2, -0.15) is 0 Å². The van der Waals surface area contributed by atoms with Crippen molar-refractivity contribution in [3.05, 3.63) is 95.7 Å². The van der Waals surface area contributed by atoms with Crippen LogP contribution in [0.4, 0.5) is 0 Å². The minimum absolute atomic E-state index is 0.113. The Morgan fingerprint density at radius 1 is 0.857 bits per heavy atom. The van der Waals surface area contributed by atoms with Gasteiger partial charge in [0.2, 0.25) is 0 Å². The highest BCUT2D eigenvalue weighted by atomic mass is 16.5. The molecular weight excluding hydrogens is 356 g/mol. The van der Waals surface area contributed by atoms with Crippen LogP contribution < -0.4 is 0 Å². The Hall–Kier alpha value is -3.86. The molecule has 0 radical (unpaired) electrons. The van der Waals surface area contributed by atoms with Crippen LogP contribution in [0.25, 0.3) is 22.1 Å². The first kappa shape index (κ1) is 17.5. The smallest absolute Gasteiger partial charge is 0.339 e. The number of fused-ring (bicyclic) bond motifs is 1. The van der Waals surface area contributed by atoms with E-state index in [4.69, 9.17) is 9.15 Å². The number of carbonyl (C=O) groups excluding carboxylic acids is 1. The third-order valence-corrected chi connectivity index (χ3v) is 4.47. The van der Waals surface area contributed by atoms with Crippen molar-refractivity contribution in [1.29, 1.82) is 0 Å². The minimum atomic E-state index is -1.06. The molecule has 0 aliphatic carbocycles. The topological polar surface area (TPSA) is 76.7 Å². The Morgan fingerprint density at radius 2 is 1.61 bits per heavy atom. The summed E-state index contributed by atoms with van der Waals surface area (Å²) in [6, 6.07) is 21.0. The number of hydrogen-bond donors (Lipinski definition) is 1. The van der Waals surface area contributed by atoms with Gasteiger partial charge in [-0.1, -0.05) is 48.5 Å². The monoisotopic (exact) mass is 372 g/mol. The van der Waals surface area contributed by atoms with Gasteiger partial charge in [0.1, 0.15) is 12.2 Å². The molecule has 1 N–H and O–H groups in total. The Balaban J connectivity index is 1.78. The summed E-state index contributed by atoms with van der Waals surface area (Å²) in [6.45, 7) is 0.121. The van der Waals surface area contributed by atoms with Crippen molar-refractivity contribution >= 4 is 22.9 Å². The third-order valence-electron chi connectivity index (χ3n) is 4.47. The molecule has 0 saturated heterocycles. The molecule has 0 atom stereocenters. The molecule has 0 unspecified atom stereocenters. The summed E-state index contributed by atoms with van der Waals surface area (Å²) in [7, 11) is 0. The van der Waals surface area contributed by atoms with Crippen LogP contribution in [0.5, 0.6) is 0 Å². The second kappa shape index (κ2) is 7.40. The molecule has 0 aliphatic heterocycles. The number of esters is 1. The zero-order chi connectivity index (χ0) is 19.5. The van der Waals surface area contributed by atoms with Gasteiger partial charge in [-0.25, -0.2) is 9.59 Å². The molecule has 0 amide bonds. The van der Waals surface area contributed by atoms with E-state index in [0.29, 0.717) is 16.7 Å². The maximum Gasteiger partial charge on any atom is 0.339 e. The van der Waals surface area contributed by atoms with Crippen LogP contribution in [0.15, 0.2) is 83.5 Å². The van der Waals surface area contributed by atoms with Crippen molar-refractivity contribution in [2.45, 2.75) is 6.61 Å². The first-order valence-electron chi connectivity index (χ1n) is 8.68. The summed E-state index contributed by atoms with van der Waals surface area (Å²) in [5.74, 6) is -1.61. The zero-order valence-electron chi connectivity index (χ0n) is 14.8. The molecule has 0 saturated carbocycles. The lowest BCUT2D eigenvalue weighted by atomic mass is 9.94. The van der Waals surface area contributed by atoms with E-state index in [1.54, 1.807) is 36.4 Å². The first-order valence-corrected chi connectivity index (χ1v) is 8.68. The van der Waals surface area contributed by atoms with E-state index in [1.807, 2.05) is 30.3 Å². The molecule has 4 rings (SSSR count). The average molecular weight is 372 g/mol. The fraction of sp³-hybridized carbons (Fsp3) is 0.0435. The molecule has 5 heteroatoms. The van der Waals surface area contributed by atoms with E-state index in [-0.39, 0.29) is 17.7 Å².